The molecule has 2 aliphatic carbocycles. The highest BCUT2D eigenvalue weighted by Gasteiger charge is 2.32. The van der Waals surface area contributed by atoms with Gasteiger partial charge >= 0.3 is 0 Å². The zero-order valence-corrected chi connectivity index (χ0v) is 10.9. The van der Waals surface area contributed by atoms with Crippen LogP contribution in [0.2, 0.25) is 0 Å². The van der Waals surface area contributed by atoms with Crippen LogP contribution >= 0.6 is 11.3 Å². The molecular weight excluding hydrogens is 232 g/mol. The molecule has 1 heterocycles. The summed E-state index contributed by atoms with van der Waals surface area (Å²) in [6.45, 7) is 2.64. The second-order valence-corrected chi connectivity index (χ2v) is 6.26. The predicted octanol–water partition coefficient (Wildman–Crippen LogP) is 3.23. The SMILES string of the molecule is CC(=O)c1sc(NCC2CC2)c(C2CC2)c1N. The van der Waals surface area contributed by atoms with E-state index in [9.17, 15) is 4.79 Å². The van der Waals surface area contributed by atoms with Gasteiger partial charge in [-0.2, -0.15) is 0 Å². The van der Waals surface area contributed by atoms with Gasteiger partial charge in [0.15, 0.2) is 5.78 Å². The lowest BCUT2D eigenvalue weighted by atomic mass is 10.1. The van der Waals surface area contributed by atoms with E-state index < -0.39 is 0 Å². The Kier molecular flexibility index (Phi) is 2.62. The van der Waals surface area contributed by atoms with E-state index >= 15 is 0 Å². The number of ketones is 1. The number of hydrogen-bond acceptors (Lipinski definition) is 4. The minimum Gasteiger partial charge on any atom is -0.397 e. The van der Waals surface area contributed by atoms with Gasteiger partial charge in [-0.15, -0.1) is 11.3 Å². The zero-order valence-electron chi connectivity index (χ0n) is 10.1. The maximum Gasteiger partial charge on any atom is 0.171 e. The van der Waals surface area contributed by atoms with Gasteiger partial charge in [0.05, 0.1) is 15.6 Å². The Morgan fingerprint density at radius 2 is 2.12 bits per heavy atom. The van der Waals surface area contributed by atoms with Crippen molar-refractivity contribution in [1.29, 1.82) is 0 Å². The average molecular weight is 250 g/mol. The van der Waals surface area contributed by atoms with E-state index in [1.54, 1.807) is 18.3 Å². The summed E-state index contributed by atoms with van der Waals surface area (Å²) in [5.41, 5.74) is 8.08. The maximum atomic E-state index is 11.5. The summed E-state index contributed by atoms with van der Waals surface area (Å²) in [6, 6.07) is 0. The highest BCUT2D eigenvalue weighted by molar-refractivity contribution is 7.18. The first-order valence-electron chi connectivity index (χ1n) is 6.33. The molecule has 2 fully saturated rings. The summed E-state index contributed by atoms with van der Waals surface area (Å²) in [5, 5.41) is 4.65. The Hall–Kier alpha value is -1.03. The molecule has 2 aliphatic rings. The summed E-state index contributed by atoms with van der Waals surface area (Å²) < 4.78 is 0. The van der Waals surface area contributed by atoms with Crippen molar-refractivity contribution in [3.63, 3.8) is 0 Å². The smallest absolute Gasteiger partial charge is 0.171 e. The second kappa shape index (κ2) is 4.02. The van der Waals surface area contributed by atoms with Crippen LogP contribution < -0.4 is 11.1 Å². The van der Waals surface area contributed by atoms with Crippen molar-refractivity contribution in [3.8, 4) is 0 Å². The molecule has 0 aliphatic heterocycles. The molecule has 0 spiro atoms. The topological polar surface area (TPSA) is 55.1 Å². The van der Waals surface area contributed by atoms with Gasteiger partial charge in [-0.1, -0.05) is 0 Å². The highest BCUT2D eigenvalue weighted by atomic mass is 32.1. The molecule has 0 bridgehead atoms. The predicted molar refractivity (Wildman–Crippen MR) is 71.9 cm³/mol. The van der Waals surface area contributed by atoms with E-state index in [4.69, 9.17) is 5.73 Å². The minimum absolute atomic E-state index is 0.0915. The molecule has 0 amide bonds. The molecule has 0 radical (unpaired) electrons. The van der Waals surface area contributed by atoms with Crippen LogP contribution in [0.3, 0.4) is 0 Å². The molecule has 3 N–H and O–H groups in total. The van der Waals surface area contributed by atoms with Crippen LogP contribution in [-0.2, 0) is 0 Å². The molecule has 0 atom stereocenters. The molecule has 0 saturated heterocycles. The van der Waals surface area contributed by atoms with Crippen molar-refractivity contribution < 1.29 is 4.79 Å². The Balaban J connectivity index is 1.87. The fourth-order valence-corrected chi connectivity index (χ4v) is 3.30. The molecule has 17 heavy (non-hydrogen) atoms. The van der Waals surface area contributed by atoms with Crippen molar-refractivity contribution in [2.24, 2.45) is 5.92 Å². The third kappa shape index (κ3) is 2.18. The summed E-state index contributed by atoms with van der Waals surface area (Å²) in [6.07, 6.45) is 5.12. The van der Waals surface area contributed by atoms with Gasteiger partial charge in [0.2, 0.25) is 0 Å². The summed E-state index contributed by atoms with van der Waals surface area (Å²) in [4.78, 5) is 12.3. The quantitative estimate of drug-likeness (QED) is 0.789. The number of carbonyl (C=O) groups is 1. The van der Waals surface area contributed by atoms with Gasteiger partial charge in [-0.05, 0) is 37.5 Å². The monoisotopic (exact) mass is 250 g/mol. The normalized spacial score (nSPS) is 19.4. The summed E-state index contributed by atoms with van der Waals surface area (Å²) >= 11 is 1.55. The first-order chi connectivity index (χ1) is 8.16. The number of nitrogens with one attached hydrogen (secondary N) is 1. The molecule has 1 aromatic rings. The van der Waals surface area contributed by atoms with Crippen molar-refractivity contribution in [3.05, 3.63) is 10.4 Å². The number of nitrogen functional groups attached to an aromatic ring is 1. The molecule has 0 unspecified atom stereocenters. The van der Waals surface area contributed by atoms with Crippen LogP contribution in [0.1, 0.15) is 53.8 Å². The lowest BCUT2D eigenvalue weighted by molar-refractivity contribution is 0.102. The maximum absolute atomic E-state index is 11.5. The number of hydrogen-bond donors (Lipinski definition) is 2. The van der Waals surface area contributed by atoms with Crippen molar-refractivity contribution in [1.82, 2.24) is 0 Å². The van der Waals surface area contributed by atoms with E-state index in [2.05, 4.69) is 5.32 Å². The number of nitrogens with two attached hydrogens (primary N) is 1. The van der Waals surface area contributed by atoms with E-state index in [0.717, 1.165) is 28.0 Å². The molecule has 3 nitrogen and oxygen atoms in total. The Labute approximate surface area is 105 Å². The van der Waals surface area contributed by atoms with Gasteiger partial charge in [0, 0.05) is 19.0 Å². The van der Waals surface area contributed by atoms with E-state index in [1.807, 2.05) is 0 Å². The summed E-state index contributed by atoms with van der Waals surface area (Å²) in [7, 11) is 0. The molecule has 4 heteroatoms. The number of rotatable bonds is 5. The van der Waals surface area contributed by atoms with Gasteiger partial charge in [0.1, 0.15) is 0 Å². The van der Waals surface area contributed by atoms with E-state index in [0.29, 0.717) is 5.92 Å². The Morgan fingerprint density at radius 1 is 1.41 bits per heavy atom. The van der Waals surface area contributed by atoms with Gasteiger partial charge < -0.3 is 11.1 Å². The average Bonchev–Trinajstić information content (AvgIpc) is 3.16. The molecule has 2 saturated carbocycles. The second-order valence-electron chi connectivity index (χ2n) is 5.24. The fraction of sp³-hybridized carbons (Fsp3) is 0.615. The molecule has 92 valence electrons. The molecule has 1 aromatic heterocycles. The Morgan fingerprint density at radius 3 is 2.65 bits per heavy atom. The van der Waals surface area contributed by atoms with Gasteiger partial charge in [-0.25, -0.2) is 0 Å². The van der Waals surface area contributed by atoms with E-state index in [1.165, 1.54) is 31.2 Å². The lowest BCUT2D eigenvalue weighted by Crippen LogP contribution is -2.03. The van der Waals surface area contributed by atoms with Crippen LogP contribution in [0.5, 0.6) is 0 Å². The number of anilines is 2. The molecular formula is C13H18N2OS. The third-order valence-corrected chi connectivity index (χ3v) is 4.82. The zero-order chi connectivity index (χ0) is 12.0. The Bertz CT molecular complexity index is 458. The van der Waals surface area contributed by atoms with Gasteiger partial charge in [-0.3, -0.25) is 4.79 Å². The summed E-state index contributed by atoms with van der Waals surface area (Å²) in [5.74, 6) is 1.53. The van der Waals surface area contributed by atoms with Crippen molar-refractivity contribution >= 4 is 27.8 Å². The largest absolute Gasteiger partial charge is 0.397 e. The number of thiophene rings is 1. The third-order valence-electron chi connectivity index (χ3n) is 3.54. The van der Waals surface area contributed by atoms with Gasteiger partial charge in [0.25, 0.3) is 0 Å². The standard InChI is InChI=1S/C13H18N2OS/c1-7(16)12-11(14)10(9-4-5-9)13(17-12)15-6-8-2-3-8/h8-9,15H,2-6,14H2,1H3. The van der Waals surface area contributed by atoms with Crippen molar-refractivity contribution in [2.75, 3.05) is 17.6 Å². The van der Waals surface area contributed by atoms with Crippen LogP contribution in [0.25, 0.3) is 0 Å². The first kappa shape index (κ1) is 11.1. The number of carbonyl (C=O) groups excluding carboxylic acids is 1. The lowest BCUT2D eigenvalue weighted by Gasteiger charge is -2.06. The first-order valence-corrected chi connectivity index (χ1v) is 7.15. The van der Waals surface area contributed by atoms with Crippen LogP contribution in [-0.4, -0.2) is 12.3 Å². The van der Waals surface area contributed by atoms with Crippen LogP contribution in [0, 0.1) is 5.92 Å². The molecule has 3 rings (SSSR count). The van der Waals surface area contributed by atoms with E-state index in [-0.39, 0.29) is 5.78 Å². The minimum atomic E-state index is 0.0915. The van der Waals surface area contributed by atoms with Crippen LogP contribution in [0.15, 0.2) is 0 Å². The van der Waals surface area contributed by atoms with Crippen LogP contribution in [0.4, 0.5) is 10.7 Å². The highest BCUT2D eigenvalue weighted by Crippen LogP contribution is 2.51. The fourth-order valence-electron chi connectivity index (χ4n) is 2.19. The molecule has 0 aromatic carbocycles. The van der Waals surface area contributed by atoms with Crippen molar-refractivity contribution in [2.45, 2.75) is 38.5 Å². The number of Topliss-reactive ketones (excluding diaryl/α,β-unsaturated/α-hetero) is 1.